The zero-order valence-corrected chi connectivity index (χ0v) is 28.5. The number of hydrogen-bond donors (Lipinski definition) is 2. The van der Waals surface area contributed by atoms with E-state index < -0.39 is 40.9 Å². The lowest BCUT2D eigenvalue weighted by Gasteiger charge is -2.35. The highest BCUT2D eigenvalue weighted by molar-refractivity contribution is 6.30. The number of methoxy groups -OCH3 is 1. The van der Waals surface area contributed by atoms with E-state index in [0.717, 1.165) is 6.04 Å². The summed E-state index contributed by atoms with van der Waals surface area (Å²) in [5.74, 6) is -0.826. The molecule has 4 aromatic heterocycles. The number of nitrogen functional groups attached to an aromatic ring is 1. The van der Waals surface area contributed by atoms with Crippen LogP contribution in [0.2, 0.25) is 5.02 Å². The van der Waals surface area contributed by atoms with Gasteiger partial charge in [-0.25, -0.2) is 14.4 Å². The van der Waals surface area contributed by atoms with Crippen LogP contribution in [0.5, 0.6) is 11.9 Å². The molecule has 260 valence electrons. The molecule has 7 rings (SSSR count). The summed E-state index contributed by atoms with van der Waals surface area (Å²) in [4.78, 5) is 21.4. The van der Waals surface area contributed by atoms with Crippen LogP contribution in [0.1, 0.15) is 56.3 Å². The Morgan fingerprint density at radius 1 is 1.14 bits per heavy atom. The highest BCUT2D eigenvalue weighted by Gasteiger charge is 2.40. The van der Waals surface area contributed by atoms with E-state index in [4.69, 9.17) is 26.8 Å². The number of benzene rings is 1. The Bertz CT molecular complexity index is 2030. The summed E-state index contributed by atoms with van der Waals surface area (Å²) in [6.07, 6.45) is 0.586. The van der Waals surface area contributed by atoms with Crippen LogP contribution in [0, 0.1) is 12.7 Å². The van der Waals surface area contributed by atoms with Gasteiger partial charge in [-0.1, -0.05) is 11.6 Å². The summed E-state index contributed by atoms with van der Waals surface area (Å²) in [6.45, 7) is 8.57. The van der Waals surface area contributed by atoms with E-state index in [2.05, 4.69) is 49.0 Å². The number of nitrogens with two attached hydrogens (primary N) is 1. The van der Waals surface area contributed by atoms with Gasteiger partial charge < -0.3 is 25.0 Å². The molecule has 0 radical (unpaired) electrons. The van der Waals surface area contributed by atoms with Crippen molar-refractivity contribution in [3.63, 3.8) is 0 Å². The zero-order valence-electron chi connectivity index (χ0n) is 27.8. The molecule has 0 aliphatic carbocycles. The average Bonchev–Trinajstić information content (AvgIpc) is 3.64. The van der Waals surface area contributed by atoms with Crippen molar-refractivity contribution in [3.8, 4) is 23.1 Å². The van der Waals surface area contributed by atoms with Gasteiger partial charge in [0.15, 0.2) is 5.82 Å². The van der Waals surface area contributed by atoms with Gasteiger partial charge in [-0.2, -0.15) is 28.2 Å². The maximum absolute atomic E-state index is 16.6. The predicted molar refractivity (Wildman–Crippen MR) is 180 cm³/mol. The van der Waals surface area contributed by atoms with E-state index in [1.54, 1.807) is 6.07 Å². The van der Waals surface area contributed by atoms with Gasteiger partial charge in [0, 0.05) is 28.8 Å². The van der Waals surface area contributed by atoms with E-state index in [9.17, 15) is 13.2 Å². The van der Waals surface area contributed by atoms with Crippen molar-refractivity contribution >= 4 is 45.0 Å². The number of aromatic amines is 1. The normalized spacial score (nSPS) is 18.6. The quantitative estimate of drug-likeness (QED) is 0.187. The molecule has 0 saturated carbocycles. The van der Waals surface area contributed by atoms with Crippen LogP contribution < -0.4 is 20.1 Å². The topological polar surface area (TPSA) is 131 Å². The third-order valence-corrected chi connectivity index (χ3v) is 9.41. The first-order valence-electron chi connectivity index (χ1n) is 15.7. The van der Waals surface area contributed by atoms with Crippen LogP contribution in [-0.4, -0.2) is 74.4 Å². The summed E-state index contributed by atoms with van der Waals surface area (Å²) in [6, 6.07) is 2.69. The van der Waals surface area contributed by atoms with Gasteiger partial charge in [-0.15, -0.1) is 0 Å². The minimum Gasteiger partial charge on any atom is -0.475 e. The Labute approximate surface area is 284 Å². The molecule has 1 fully saturated rings. The minimum atomic E-state index is -4.83. The second-order valence-corrected chi connectivity index (χ2v) is 12.9. The third kappa shape index (κ3) is 6.25. The van der Waals surface area contributed by atoms with E-state index in [1.807, 2.05) is 18.7 Å². The van der Waals surface area contributed by atoms with Crippen LogP contribution in [0.25, 0.3) is 33.1 Å². The minimum absolute atomic E-state index is 0.0190. The molecule has 49 heavy (non-hydrogen) atoms. The van der Waals surface area contributed by atoms with Gasteiger partial charge in [-0.05, 0) is 71.8 Å². The molecule has 3 atom stereocenters. The number of aryl methyl sites for hydroxylation is 1. The molecule has 16 heteroatoms. The van der Waals surface area contributed by atoms with Gasteiger partial charge in [0.05, 0.1) is 41.5 Å². The first-order chi connectivity index (χ1) is 23.2. The van der Waals surface area contributed by atoms with Gasteiger partial charge in [0.25, 0.3) is 0 Å². The number of hydrogen-bond acceptors (Lipinski definition) is 10. The molecule has 6 heterocycles. The second-order valence-electron chi connectivity index (χ2n) is 12.5. The van der Waals surface area contributed by atoms with Crippen LogP contribution >= 0.6 is 11.6 Å². The number of H-pyrrole nitrogens is 1. The molecule has 1 saturated heterocycles. The molecule has 2 aliphatic rings. The smallest absolute Gasteiger partial charge is 0.417 e. The molecule has 0 amide bonds. The van der Waals surface area contributed by atoms with E-state index in [0.29, 0.717) is 10.6 Å². The highest BCUT2D eigenvalue weighted by Crippen LogP contribution is 2.47. The molecule has 5 aromatic rings. The fourth-order valence-electron chi connectivity index (χ4n) is 6.57. The molecular formula is C33H36ClF4N9O2. The Kier molecular flexibility index (Phi) is 9.17. The first-order valence-corrected chi connectivity index (χ1v) is 16.1. The standard InChI is InChI=1S/C27H23ClF4N8O2.C6H13N/c1-10-5-16-15(8-35-39-16)17(19(10)27(30,31)32)21-20(29)22-18-24(38-26(37-22)41-4)40(11(2)9-42-25(18)36-21)12(3)14-6-13(28)7-34-23(14)33;1-6-4-3-5-7(6)2/h5-8,11-12H,9H2,1-4H3,(H2,33,34)(H,35,39);6H,3-5H2,1-2H3/t11-,12?;/m0./s1. The van der Waals surface area contributed by atoms with Crippen molar-refractivity contribution in [1.29, 1.82) is 0 Å². The van der Waals surface area contributed by atoms with E-state index in [1.165, 1.54) is 51.9 Å². The summed E-state index contributed by atoms with van der Waals surface area (Å²) in [7, 11) is 3.49. The lowest BCUT2D eigenvalue weighted by Crippen LogP contribution is -2.39. The number of likely N-dealkylation sites (tertiary alicyclic amines) is 1. The Balaban J connectivity index is 0.000000531. The summed E-state index contributed by atoms with van der Waals surface area (Å²) < 4.78 is 71.2. The van der Waals surface area contributed by atoms with Crippen LogP contribution in [0.15, 0.2) is 24.5 Å². The lowest BCUT2D eigenvalue weighted by atomic mass is 9.94. The number of rotatable bonds is 4. The monoisotopic (exact) mass is 701 g/mol. The van der Waals surface area contributed by atoms with Crippen LogP contribution in [0.3, 0.4) is 0 Å². The lowest BCUT2D eigenvalue weighted by molar-refractivity contribution is -0.137. The maximum Gasteiger partial charge on any atom is 0.417 e. The average molecular weight is 702 g/mol. The number of anilines is 2. The summed E-state index contributed by atoms with van der Waals surface area (Å²) in [5, 5.41) is 7.00. The van der Waals surface area contributed by atoms with E-state index in [-0.39, 0.29) is 57.5 Å². The van der Waals surface area contributed by atoms with Crippen molar-refractivity contribution in [2.45, 2.75) is 64.8 Å². The van der Waals surface area contributed by atoms with Crippen molar-refractivity contribution in [1.82, 2.24) is 35.0 Å². The van der Waals surface area contributed by atoms with Crippen molar-refractivity contribution in [3.05, 3.63) is 52.1 Å². The third-order valence-electron chi connectivity index (χ3n) is 9.21. The summed E-state index contributed by atoms with van der Waals surface area (Å²) in [5.41, 5.74) is 4.46. The molecule has 3 N–H and O–H groups in total. The molecule has 2 unspecified atom stereocenters. The highest BCUT2D eigenvalue weighted by atomic mass is 35.5. The zero-order chi connectivity index (χ0) is 35.4. The van der Waals surface area contributed by atoms with Crippen molar-refractivity contribution in [2.24, 2.45) is 0 Å². The van der Waals surface area contributed by atoms with Crippen LogP contribution in [-0.2, 0) is 6.18 Å². The fraction of sp³-hybridized carbons (Fsp3) is 0.424. The number of pyridine rings is 2. The molecule has 0 bridgehead atoms. The number of halogens is 5. The molecule has 0 spiro atoms. The number of alkyl halides is 3. The largest absolute Gasteiger partial charge is 0.475 e. The first kappa shape index (κ1) is 34.4. The van der Waals surface area contributed by atoms with Gasteiger partial charge >= 0.3 is 12.2 Å². The van der Waals surface area contributed by atoms with Gasteiger partial charge in [0.1, 0.15) is 34.8 Å². The van der Waals surface area contributed by atoms with Crippen molar-refractivity contribution in [2.75, 3.05) is 37.9 Å². The number of nitrogens with one attached hydrogen (secondary N) is 1. The molecule has 2 aliphatic heterocycles. The maximum atomic E-state index is 16.6. The van der Waals surface area contributed by atoms with Crippen molar-refractivity contribution < 1.29 is 27.0 Å². The predicted octanol–water partition coefficient (Wildman–Crippen LogP) is 7.12. The molecular weight excluding hydrogens is 666 g/mol. The Hall–Kier alpha value is -4.50. The van der Waals surface area contributed by atoms with E-state index >= 15 is 4.39 Å². The Morgan fingerprint density at radius 3 is 2.53 bits per heavy atom. The number of ether oxygens (including phenoxy) is 2. The Morgan fingerprint density at radius 2 is 1.90 bits per heavy atom. The van der Waals surface area contributed by atoms with Gasteiger partial charge in [0.2, 0.25) is 5.88 Å². The SMILES string of the molecule is CC1CCCN1C.COc1nc2c3c(nc(-c4c(C(F)(F)F)c(C)cc5[nH]ncc45)c(F)c3n1)OC[C@H](C)N2C(C)c1cc(Cl)cnc1N. The van der Waals surface area contributed by atoms with Crippen LogP contribution in [0.4, 0.5) is 29.2 Å². The van der Waals surface area contributed by atoms with Gasteiger partial charge in [-0.3, -0.25) is 5.10 Å². The molecule has 1 aromatic carbocycles. The second kappa shape index (κ2) is 13.1. The fourth-order valence-corrected chi connectivity index (χ4v) is 6.74. The number of aromatic nitrogens is 6. The molecule has 11 nitrogen and oxygen atoms in total. The number of fused-ring (bicyclic) bond motifs is 1. The summed E-state index contributed by atoms with van der Waals surface area (Å²) >= 11 is 6.21. The number of nitrogens with zero attached hydrogens (tertiary/aromatic N) is 7.